The fraction of sp³-hybridized carbons (Fsp3) is 0.955. The van der Waals surface area contributed by atoms with Gasteiger partial charge in [-0.3, -0.25) is 4.79 Å². The van der Waals surface area contributed by atoms with Crippen molar-refractivity contribution < 1.29 is 84.3 Å². The van der Waals surface area contributed by atoms with Crippen LogP contribution < -0.4 is 0 Å². The van der Waals surface area contributed by atoms with Crippen LogP contribution >= 0.6 is 0 Å². The highest BCUT2D eigenvalue weighted by Crippen LogP contribution is 2.36. The van der Waals surface area contributed by atoms with Gasteiger partial charge < -0.3 is 79.5 Å². The lowest BCUT2D eigenvalue weighted by Crippen LogP contribution is -2.63. The third-order valence-electron chi connectivity index (χ3n) is 6.84. The maximum absolute atomic E-state index is 11.7. The average molecular weight is 575 g/mol. The monoisotopic (exact) mass is 574 g/mol. The van der Waals surface area contributed by atoms with Crippen molar-refractivity contribution >= 4 is 5.97 Å². The van der Waals surface area contributed by atoms with Gasteiger partial charge in [-0.2, -0.15) is 0 Å². The van der Waals surface area contributed by atoms with E-state index >= 15 is 0 Å². The summed E-state index contributed by atoms with van der Waals surface area (Å²) in [5.41, 5.74) is 0. The predicted octanol–water partition coefficient (Wildman–Crippen LogP) is -6.36. The third kappa shape index (κ3) is 6.69. The van der Waals surface area contributed by atoms with Crippen molar-refractivity contribution in [2.24, 2.45) is 5.92 Å². The van der Waals surface area contributed by atoms with Gasteiger partial charge in [0.2, 0.25) is 5.79 Å². The molecule has 3 fully saturated rings. The number of hydrogen-bond donors (Lipinski definition) is 10. The number of carbonyl (C=O) groups excluding carboxylic acids is 1. The molecule has 0 amide bonds. The lowest BCUT2D eigenvalue weighted by Gasteiger charge is -2.44. The Morgan fingerprint density at radius 2 is 1.28 bits per heavy atom. The van der Waals surface area contributed by atoms with E-state index in [-0.39, 0.29) is 0 Å². The topological polar surface area (TPSA) is 275 Å². The molecule has 3 aliphatic rings. The van der Waals surface area contributed by atoms with Crippen molar-refractivity contribution in [2.45, 2.75) is 99.4 Å². The Hall–Kier alpha value is -1.13. The van der Waals surface area contributed by atoms with Crippen LogP contribution in [0.2, 0.25) is 0 Å². The van der Waals surface area contributed by atoms with Crippen LogP contribution in [-0.4, -0.2) is 169 Å². The average Bonchev–Trinajstić information content (AvgIpc) is 3.16. The molecule has 0 bridgehead atoms. The molecule has 39 heavy (non-hydrogen) atoms. The molecule has 3 saturated heterocycles. The van der Waals surface area contributed by atoms with Crippen molar-refractivity contribution in [3.8, 4) is 0 Å². The van der Waals surface area contributed by atoms with Crippen molar-refractivity contribution in [3.05, 3.63) is 0 Å². The summed E-state index contributed by atoms with van der Waals surface area (Å²) in [6.45, 7) is 0.203. The molecule has 17 nitrogen and oxygen atoms in total. The van der Waals surface area contributed by atoms with E-state index in [0.29, 0.717) is 0 Å². The summed E-state index contributed by atoms with van der Waals surface area (Å²) < 4.78 is 32.0. The zero-order valence-corrected chi connectivity index (χ0v) is 21.2. The second kappa shape index (κ2) is 13.2. The van der Waals surface area contributed by atoms with Crippen LogP contribution in [0.3, 0.4) is 0 Å². The number of esters is 1. The van der Waals surface area contributed by atoms with Crippen LogP contribution in [0.4, 0.5) is 0 Å². The van der Waals surface area contributed by atoms with Crippen molar-refractivity contribution in [1.29, 1.82) is 0 Å². The van der Waals surface area contributed by atoms with Gasteiger partial charge in [-0.25, -0.2) is 0 Å². The predicted molar refractivity (Wildman–Crippen MR) is 120 cm³/mol. The molecule has 0 spiro atoms. The second-order valence-electron chi connectivity index (χ2n) is 10.0. The van der Waals surface area contributed by atoms with E-state index in [4.69, 9.17) is 28.4 Å². The van der Waals surface area contributed by atoms with E-state index in [0.717, 1.165) is 0 Å². The number of rotatable bonds is 10. The number of aliphatic hydroxyl groups excluding tert-OH is 10. The Morgan fingerprint density at radius 3 is 1.79 bits per heavy atom. The lowest BCUT2D eigenvalue weighted by atomic mass is 9.98. The van der Waals surface area contributed by atoms with E-state index in [1.54, 1.807) is 13.8 Å². The van der Waals surface area contributed by atoms with E-state index in [2.05, 4.69) is 0 Å². The molecular weight excluding hydrogens is 536 g/mol. The minimum absolute atomic E-state index is 0.475. The quantitative estimate of drug-likeness (QED) is 0.109. The van der Waals surface area contributed by atoms with Gasteiger partial charge in [0.05, 0.1) is 19.1 Å². The lowest BCUT2D eigenvalue weighted by molar-refractivity contribution is -0.388. The molecule has 14 atom stereocenters. The highest BCUT2D eigenvalue weighted by atomic mass is 16.8. The van der Waals surface area contributed by atoms with Crippen LogP contribution in [0.25, 0.3) is 0 Å². The van der Waals surface area contributed by atoms with Gasteiger partial charge in [0, 0.05) is 0 Å². The van der Waals surface area contributed by atoms with Gasteiger partial charge in [0.1, 0.15) is 80.4 Å². The summed E-state index contributed by atoms with van der Waals surface area (Å²) in [6, 6.07) is 0. The van der Waals surface area contributed by atoms with E-state index in [9.17, 15) is 55.9 Å². The molecule has 3 rings (SSSR count). The summed E-state index contributed by atoms with van der Waals surface area (Å²) in [4.78, 5) is 11.7. The first kappa shape index (κ1) is 32.4. The molecule has 0 aliphatic carbocycles. The number of hydrogen-bond acceptors (Lipinski definition) is 17. The fourth-order valence-electron chi connectivity index (χ4n) is 4.33. The largest absolute Gasteiger partial charge is 0.463 e. The first-order valence-electron chi connectivity index (χ1n) is 12.4. The minimum Gasteiger partial charge on any atom is -0.463 e. The highest BCUT2D eigenvalue weighted by Gasteiger charge is 2.58. The molecule has 0 saturated carbocycles. The molecule has 0 aromatic rings. The van der Waals surface area contributed by atoms with Gasteiger partial charge in [-0.1, -0.05) is 13.8 Å². The summed E-state index contributed by atoms with van der Waals surface area (Å²) in [5, 5.41) is 101. The van der Waals surface area contributed by atoms with E-state index < -0.39 is 124 Å². The highest BCUT2D eigenvalue weighted by molar-refractivity contribution is 5.71. The normalized spacial score (nSPS) is 46.9. The number of ether oxygens (including phenoxy) is 6. The summed E-state index contributed by atoms with van der Waals surface area (Å²) in [5.74, 6) is -3.46. The molecule has 0 radical (unpaired) electrons. The Labute approximate surface area is 222 Å². The number of carbonyl (C=O) groups is 1. The minimum atomic E-state index is -2.38. The van der Waals surface area contributed by atoms with Crippen molar-refractivity contribution in [3.63, 3.8) is 0 Å². The molecule has 3 heterocycles. The van der Waals surface area contributed by atoms with Crippen LogP contribution in [0.15, 0.2) is 0 Å². The first-order valence-corrected chi connectivity index (χ1v) is 12.4. The SMILES string of the molecule is CC(C)C(=O)OC[C@H]1OC(OC[C@H]2OC(O[C@]3(CO)O[C@H](CO)[C@@H](O)[C@@H]3O)[C@H](O)[C@@H](O)[C@@H]2O)[C@H](O)[C@@H](O)[C@H]1O. The summed E-state index contributed by atoms with van der Waals surface area (Å²) in [7, 11) is 0. The Kier molecular flexibility index (Phi) is 11.0. The molecule has 3 aliphatic heterocycles. The smallest absolute Gasteiger partial charge is 0.308 e. The Bertz CT molecular complexity index is 801. The summed E-state index contributed by atoms with van der Waals surface area (Å²) in [6.07, 6.45) is -22.1. The zero-order chi connectivity index (χ0) is 29.2. The molecule has 2 unspecified atom stereocenters. The van der Waals surface area contributed by atoms with Crippen LogP contribution in [0.5, 0.6) is 0 Å². The maximum Gasteiger partial charge on any atom is 0.308 e. The Balaban J connectivity index is 1.67. The number of aliphatic hydroxyl groups is 10. The molecular formula is C22H38O17. The third-order valence-corrected chi connectivity index (χ3v) is 6.84. The van der Waals surface area contributed by atoms with Gasteiger partial charge >= 0.3 is 5.97 Å². The second-order valence-corrected chi connectivity index (χ2v) is 10.0. The molecule has 10 N–H and O–H groups in total. The van der Waals surface area contributed by atoms with Gasteiger partial charge in [-0.15, -0.1) is 0 Å². The van der Waals surface area contributed by atoms with Crippen LogP contribution in [-0.2, 0) is 33.2 Å². The maximum atomic E-state index is 11.7. The van der Waals surface area contributed by atoms with Gasteiger partial charge in [0.15, 0.2) is 12.6 Å². The first-order chi connectivity index (χ1) is 18.3. The zero-order valence-electron chi connectivity index (χ0n) is 21.2. The Morgan fingerprint density at radius 1 is 0.744 bits per heavy atom. The molecule has 17 heteroatoms. The fourth-order valence-corrected chi connectivity index (χ4v) is 4.33. The van der Waals surface area contributed by atoms with E-state index in [1.165, 1.54) is 0 Å². The van der Waals surface area contributed by atoms with Gasteiger partial charge in [0.25, 0.3) is 0 Å². The standard InChI is InChI=1S/C22H38O17/c1-7(2)19(33)34-4-9-11(25)14(28)16(30)20(36-9)35-5-10-12(26)15(29)17(31)21(37-10)39-22(6-24)18(32)13(27)8(3-23)38-22/h7-18,20-21,23-32H,3-6H2,1-2H3/t8-,9-,10-,11+,12-,13-,14+,15+,16-,17-,18+,20?,21?,22+/m1/s1. The molecule has 228 valence electrons. The van der Waals surface area contributed by atoms with Gasteiger partial charge in [-0.05, 0) is 0 Å². The molecule has 0 aromatic carbocycles. The van der Waals surface area contributed by atoms with Crippen molar-refractivity contribution in [1.82, 2.24) is 0 Å². The molecule has 0 aromatic heterocycles. The summed E-state index contributed by atoms with van der Waals surface area (Å²) >= 11 is 0. The van der Waals surface area contributed by atoms with Crippen LogP contribution in [0.1, 0.15) is 13.8 Å². The van der Waals surface area contributed by atoms with Crippen LogP contribution in [0, 0.1) is 5.92 Å². The van der Waals surface area contributed by atoms with E-state index in [1.807, 2.05) is 0 Å². The van der Waals surface area contributed by atoms with Crippen molar-refractivity contribution in [2.75, 3.05) is 26.4 Å².